The van der Waals surface area contributed by atoms with Gasteiger partial charge in [0.15, 0.2) is 0 Å². The van der Waals surface area contributed by atoms with Crippen LogP contribution in [0.4, 0.5) is 0 Å². The Bertz CT molecular complexity index is 308. The molecule has 3 N–H and O–H groups in total. The van der Waals surface area contributed by atoms with Crippen molar-refractivity contribution in [2.75, 3.05) is 19.8 Å². The summed E-state index contributed by atoms with van der Waals surface area (Å²) >= 11 is 0. The molecule has 1 heterocycles. The van der Waals surface area contributed by atoms with Gasteiger partial charge in [0.1, 0.15) is 24.4 Å². The van der Waals surface area contributed by atoms with E-state index >= 15 is 0 Å². The van der Waals surface area contributed by atoms with E-state index in [0.29, 0.717) is 6.61 Å². The number of allylic oxidation sites excluding steroid dienone is 2. The first kappa shape index (κ1) is 20.6. The first-order valence-corrected chi connectivity index (χ1v) is 9.05. The minimum Gasteiger partial charge on any atom is -0.394 e. The average Bonchev–Trinajstić information content (AvgIpc) is 2.88. The molecule has 1 aliphatic rings. The van der Waals surface area contributed by atoms with Crippen LogP contribution in [0, 0.1) is 0 Å². The Kier molecular flexibility index (Phi) is 11.5. The van der Waals surface area contributed by atoms with Crippen molar-refractivity contribution in [3.05, 3.63) is 12.2 Å². The second kappa shape index (κ2) is 12.9. The maximum Gasteiger partial charge on any atom is 0.114 e. The van der Waals surface area contributed by atoms with Crippen LogP contribution in [-0.2, 0) is 9.47 Å². The van der Waals surface area contributed by atoms with Gasteiger partial charge in [-0.15, -0.1) is 0 Å². The molecule has 0 aromatic heterocycles. The van der Waals surface area contributed by atoms with Gasteiger partial charge in [-0.05, 0) is 32.1 Å². The summed E-state index contributed by atoms with van der Waals surface area (Å²) in [6.07, 6.45) is 10.8. The van der Waals surface area contributed by atoms with Crippen LogP contribution < -0.4 is 0 Å². The smallest absolute Gasteiger partial charge is 0.114 e. The summed E-state index contributed by atoms with van der Waals surface area (Å²) < 4.78 is 10.9. The lowest BCUT2D eigenvalue weighted by Crippen LogP contribution is -2.42. The number of aliphatic hydroxyl groups excluding tert-OH is 3. The molecule has 0 spiro atoms. The molecule has 0 amide bonds. The van der Waals surface area contributed by atoms with E-state index in [-0.39, 0.29) is 13.2 Å². The summed E-state index contributed by atoms with van der Waals surface area (Å²) in [5, 5.41) is 28.6. The lowest BCUT2D eigenvalue weighted by atomic mass is 10.1. The summed E-state index contributed by atoms with van der Waals surface area (Å²) in [6, 6.07) is 0. The molecule has 0 unspecified atom stereocenters. The molecule has 1 saturated heterocycles. The van der Waals surface area contributed by atoms with Crippen LogP contribution in [0.3, 0.4) is 0 Å². The van der Waals surface area contributed by atoms with Gasteiger partial charge in [-0.2, -0.15) is 0 Å². The molecule has 5 heteroatoms. The van der Waals surface area contributed by atoms with Crippen molar-refractivity contribution in [3.63, 3.8) is 0 Å². The highest BCUT2D eigenvalue weighted by molar-refractivity contribution is 4.88. The quantitative estimate of drug-likeness (QED) is 0.356. The van der Waals surface area contributed by atoms with Crippen LogP contribution in [0.5, 0.6) is 0 Å². The van der Waals surface area contributed by atoms with Crippen molar-refractivity contribution < 1.29 is 24.8 Å². The molecule has 4 atom stereocenters. The second-order valence-corrected chi connectivity index (χ2v) is 6.26. The fourth-order valence-corrected chi connectivity index (χ4v) is 2.73. The van der Waals surface area contributed by atoms with Gasteiger partial charge < -0.3 is 24.8 Å². The molecule has 1 rings (SSSR count). The van der Waals surface area contributed by atoms with Gasteiger partial charge in [0.25, 0.3) is 0 Å². The number of hydrogen-bond donors (Lipinski definition) is 3. The zero-order valence-electron chi connectivity index (χ0n) is 14.4. The standard InChI is InChI=1S/C18H34O5/c1-2-3-4-5-6-7-8-9-10-11-12-22-16(13-19)18-17(21)15(20)14-23-18/h6-7,15-21H,2-5,8-14H2,1H3/b7-6+/t15-,16+,17+,18+/m0/s1. The van der Waals surface area contributed by atoms with Gasteiger partial charge in [-0.1, -0.05) is 38.3 Å². The predicted molar refractivity (Wildman–Crippen MR) is 90.3 cm³/mol. The van der Waals surface area contributed by atoms with Crippen molar-refractivity contribution in [1.82, 2.24) is 0 Å². The van der Waals surface area contributed by atoms with Crippen LogP contribution in [0.25, 0.3) is 0 Å². The molecule has 1 aliphatic heterocycles. The number of aliphatic hydroxyl groups is 3. The van der Waals surface area contributed by atoms with Crippen molar-refractivity contribution in [3.8, 4) is 0 Å². The van der Waals surface area contributed by atoms with Crippen molar-refractivity contribution in [1.29, 1.82) is 0 Å². The monoisotopic (exact) mass is 330 g/mol. The SMILES string of the molecule is CCCCC/C=C/CCCCCO[C@H](CO)[C@H]1OC[C@H](O)[C@H]1O. The van der Waals surface area contributed by atoms with Gasteiger partial charge in [-0.25, -0.2) is 0 Å². The van der Waals surface area contributed by atoms with Gasteiger partial charge in [-0.3, -0.25) is 0 Å². The Hall–Kier alpha value is -0.460. The normalized spacial score (nSPS) is 26.2. The van der Waals surface area contributed by atoms with E-state index in [2.05, 4.69) is 19.1 Å². The van der Waals surface area contributed by atoms with Gasteiger partial charge in [0.2, 0.25) is 0 Å². The van der Waals surface area contributed by atoms with Crippen molar-refractivity contribution >= 4 is 0 Å². The van der Waals surface area contributed by atoms with Gasteiger partial charge >= 0.3 is 0 Å². The zero-order valence-corrected chi connectivity index (χ0v) is 14.4. The molecular weight excluding hydrogens is 296 g/mol. The Morgan fingerprint density at radius 2 is 1.78 bits per heavy atom. The van der Waals surface area contributed by atoms with E-state index in [4.69, 9.17) is 9.47 Å². The largest absolute Gasteiger partial charge is 0.394 e. The third kappa shape index (κ3) is 8.27. The van der Waals surface area contributed by atoms with E-state index in [1.807, 2.05) is 0 Å². The van der Waals surface area contributed by atoms with Crippen LogP contribution >= 0.6 is 0 Å². The Balaban J connectivity index is 2.01. The van der Waals surface area contributed by atoms with Gasteiger partial charge in [0, 0.05) is 6.61 Å². The summed E-state index contributed by atoms with van der Waals surface area (Å²) in [5.74, 6) is 0. The maximum absolute atomic E-state index is 9.76. The molecule has 0 radical (unpaired) electrons. The predicted octanol–water partition coefficient (Wildman–Crippen LogP) is 2.18. The first-order valence-electron chi connectivity index (χ1n) is 9.05. The number of unbranched alkanes of at least 4 members (excludes halogenated alkanes) is 6. The lowest BCUT2D eigenvalue weighted by Gasteiger charge is -2.24. The summed E-state index contributed by atoms with van der Waals surface area (Å²) in [4.78, 5) is 0. The van der Waals surface area contributed by atoms with Crippen LogP contribution in [0.2, 0.25) is 0 Å². The molecule has 0 aliphatic carbocycles. The Morgan fingerprint density at radius 3 is 2.35 bits per heavy atom. The second-order valence-electron chi connectivity index (χ2n) is 6.26. The average molecular weight is 330 g/mol. The molecule has 0 aromatic carbocycles. The summed E-state index contributed by atoms with van der Waals surface area (Å²) in [5.41, 5.74) is 0. The molecular formula is C18H34O5. The highest BCUT2D eigenvalue weighted by Crippen LogP contribution is 2.19. The van der Waals surface area contributed by atoms with E-state index in [0.717, 1.165) is 25.7 Å². The topological polar surface area (TPSA) is 79.2 Å². The zero-order chi connectivity index (χ0) is 16.9. The van der Waals surface area contributed by atoms with Crippen molar-refractivity contribution in [2.24, 2.45) is 0 Å². The summed E-state index contributed by atoms with van der Waals surface area (Å²) in [6.45, 7) is 2.63. The van der Waals surface area contributed by atoms with Gasteiger partial charge in [0.05, 0.1) is 13.2 Å². The third-order valence-corrected chi connectivity index (χ3v) is 4.22. The van der Waals surface area contributed by atoms with E-state index in [9.17, 15) is 15.3 Å². The highest BCUT2D eigenvalue weighted by atomic mass is 16.6. The Labute approximate surface area is 140 Å². The van der Waals surface area contributed by atoms with Crippen molar-refractivity contribution in [2.45, 2.75) is 82.7 Å². The molecule has 23 heavy (non-hydrogen) atoms. The minimum absolute atomic E-state index is 0.0935. The fraction of sp³-hybridized carbons (Fsp3) is 0.889. The molecule has 5 nitrogen and oxygen atoms in total. The third-order valence-electron chi connectivity index (χ3n) is 4.22. The fourth-order valence-electron chi connectivity index (χ4n) is 2.73. The lowest BCUT2D eigenvalue weighted by molar-refractivity contribution is -0.101. The summed E-state index contributed by atoms with van der Waals surface area (Å²) in [7, 11) is 0. The van der Waals surface area contributed by atoms with Crippen LogP contribution in [0.1, 0.15) is 58.3 Å². The first-order chi connectivity index (χ1) is 11.2. The van der Waals surface area contributed by atoms with E-state index in [1.165, 1.54) is 25.7 Å². The highest BCUT2D eigenvalue weighted by Gasteiger charge is 2.40. The minimum atomic E-state index is -0.981. The van der Waals surface area contributed by atoms with E-state index in [1.54, 1.807) is 0 Å². The number of rotatable bonds is 13. The van der Waals surface area contributed by atoms with Crippen LogP contribution in [0.15, 0.2) is 12.2 Å². The molecule has 0 bridgehead atoms. The molecule has 0 aromatic rings. The molecule has 136 valence electrons. The maximum atomic E-state index is 9.76. The number of ether oxygens (including phenoxy) is 2. The Morgan fingerprint density at radius 1 is 1.09 bits per heavy atom. The molecule has 0 saturated carbocycles. The molecule has 1 fully saturated rings. The number of hydrogen-bond acceptors (Lipinski definition) is 5. The van der Waals surface area contributed by atoms with Crippen LogP contribution in [-0.4, -0.2) is 59.6 Å². The van der Waals surface area contributed by atoms with E-state index < -0.39 is 24.4 Å².